The Morgan fingerprint density at radius 1 is 1.56 bits per heavy atom. The fraction of sp³-hybridized carbons (Fsp3) is 0.400. The van der Waals surface area contributed by atoms with Gasteiger partial charge in [-0.2, -0.15) is 5.26 Å². The Labute approximate surface area is 108 Å². The average molecular weight is 242 g/mol. The first-order valence-corrected chi connectivity index (χ1v) is 6.22. The molecule has 18 heavy (non-hydrogen) atoms. The van der Waals surface area contributed by atoms with Gasteiger partial charge in [0.1, 0.15) is 12.4 Å². The highest BCUT2D eigenvalue weighted by Crippen LogP contribution is 2.20. The molecule has 94 valence electrons. The van der Waals surface area contributed by atoms with E-state index in [1.807, 2.05) is 13.0 Å². The first-order chi connectivity index (χ1) is 8.69. The van der Waals surface area contributed by atoms with Gasteiger partial charge in [-0.15, -0.1) is 0 Å². The van der Waals surface area contributed by atoms with E-state index in [9.17, 15) is 0 Å². The zero-order valence-corrected chi connectivity index (χ0v) is 10.7. The Kier molecular flexibility index (Phi) is 4.01. The van der Waals surface area contributed by atoms with Crippen LogP contribution in [-0.4, -0.2) is 19.2 Å². The molecule has 1 aliphatic carbocycles. The number of hydrogen-bond acceptors (Lipinski definition) is 3. The molecular weight excluding hydrogens is 224 g/mol. The maximum Gasteiger partial charge on any atom is 0.124 e. The molecule has 3 heteroatoms. The van der Waals surface area contributed by atoms with E-state index in [-0.39, 0.29) is 0 Å². The van der Waals surface area contributed by atoms with Crippen LogP contribution in [0.3, 0.4) is 0 Å². The van der Waals surface area contributed by atoms with Crippen molar-refractivity contribution >= 4 is 0 Å². The number of aryl methyl sites for hydroxylation is 1. The number of nitrogens with one attached hydrogen (secondary N) is 1. The molecule has 0 aliphatic heterocycles. The van der Waals surface area contributed by atoms with Gasteiger partial charge in [-0.3, -0.25) is 0 Å². The summed E-state index contributed by atoms with van der Waals surface area (Å²) < 4.78 is 5.70. The van der Waals surface area contributed by atoms with Crippen molar-refractivity contribution in [3.05, 3.63) is 41.5 Å². The average Bonchev–Trinajstić information content (AvgIpc) is 3.19. The van der Waals surface area contributed by atoms with Crippen molar-refractivity contribution in [2.45, 2.75) is 25.8 Å². The molecule has 1 aliphatic rings. The van der Waals surface area contributed by atoms with Gasteiger partial charge in [-0.1, -0.05) is 12.6 Å². The summed E-state index contributed by atoms with van der Waals surface area (Å²) >= 11 is 0. The van der Waals surface area contributed by atoms with Crippen molar-refractivity contribution in [1.29, 1.82) is 5.26 Å². The lowest BCUT2D eigenvalue weighted by molar-refractivity contribution is 0.346. The second-order valence-electron chi connectivity index (χ2n) is 4.79. The Morgan fingerprint density at radius 2 is 2.33 bits per heavy atom. The minimum atomic E-state index is 0.495. The molecule has 1 fully saturated rings. The molecular formula is C15H18N2O. The molecule has 0 atom stereocenters. The standard InChI is InChI=1S/C15H18N2O/c1-11(9-17-14-5-6-14)10-18-15-7-13(8-16)4-3-12(15)2/h3-4,7,14,17H,1,5-6,9-10H2,2H3. The van der Waals surface area contributed by atoms with E-state index in [2.05, 4.69) is 18.0 Å². The summed E-state index contributed by atoms with van der Waals surface area (Å²) in [7, 11) is 0. The second-order valence-corrected chi connectivity index (χ2v) is 4.79. The molecule has 1 N–H and O–H groups in total. The Hall–Kier alpha value is -1.79. The normalized spacial score (nSPS) is 14.0. The van der Waals surface area contributed by atoms with Crippen LogP contribution in [0.25, 0.3) is 0 Å². The third-order valence-electron chi connectivity index (χ3n) is 2.97. The van der Waals surface area contributed by atoms with Crippen LogP contribution in [0.15, 0.2) is 30.4 Å². The fourth-order valence-electron chi connectivity index (χ4n) is 1.63. The summed E-state index contributed by atoms with van der Waals surface area (Å²) in [6.45, 7) is 7.27. The highest BCUT2D eigenvalue weighted by atomic mass is 16.5. The van der Waals surface area contributed by atoms with Gasteiger partial charge in [0.2, 0.25) is 0 Å². The Balaban J connectivity index is 1.84. The van der Waals surface area contributed by atoms with Crippen LogP contribution in [0, 0.1) is 18.3 Å². The molecule has 0 radical (unpaired) electrons. The van der Waals surface area contributed by atoms with Gasteiger partial charge >= 0.3 is 0 Å². The molecule has 0 amide bonds. The first-order valence-electron chi connectivity index (χ1n) is 6.22. The SMILES string of the molecule is C=C(CNC1CC1)COc1cc(C#N)ccc1C. The summed E-state index contributed by atoms with van der Waals surface area (Å²) in [6, 6.07) is 8.28. The predicted molar refractivity (Wildman–Crippen MR) is 71.6 cm³/mol. The van der Waals surface area contributed by atoms with Gasteiger partial charge in [0, 0.05) is 12.6 Å². The minimum absolute atomic E-state index is 0.495. The van der Waals surface area contributed by atoms with Crippen molar-refractivity contribution < 1.29 is 4.74 Å². The van der Waals surface area contributed by atoms with Gasteiger partial charge in [-0.25, -0.2) is 0 Å². The van der Waals surface area contributed by atoms with Crippen LogP contribution in [0.5, 0.6) is 5.75 Å². The fourth-order valence-corrected chi connectivity index (χ4v) is 1.63. The molecule has 2 rings (SSSR count). The zero-order chi connectivity index (χ0) is 13.0. The number of nitrogens with zero attached hydrogens (tertiary/aromatic N) is 1. The van der Waals surface area contributed by atoms with E-state index >= 15 is 0 Å². The van der Waals surface area contributed by atoms with Crippen molar-refractivity contribution in [2.75, 3.05) is 13.2 Å². The van der Waals surface area contributed by atoms with E-state index in [0.717, 1.165) is 23.4 Å². The number of ether oxygens (including phenoxy) is 1. The smallest absolute Gasteiger partial charge is 0.124 e. The maximum absolute atomic E-state index is 8.85. The quantitative estimate of drug-likeness (QED) is 0.780. The monoisotopic (exact) mass is 242 g/mol. The molecule has 0 heterocycles. The van der Waals surface area contributed by atoms with Crippen LogP contribution in [0.1, 0.15) is 24.0 Å². The number of nitriles is 1. The minimum Gasteiger partial charge on any atom is -0.489 e. The highest BCUT2D eigenvalue weighted by molar-refractivity contribution is 5.41. The Morgan fingerprint density at radius 3 is 3.00 bits per heavy atom. The number of benzene rings is 1. The van der Waals surface area contributed by atoms with Gasteiger partial charge < -0.3 is 10.1 Å². The largest absolute Gasteiger partial charge is 0.489 e. The highest BCUT2D eigenvalue weighted by Gasteiger charge is 2.20. The zero-order valence-electron chi connectivity index (χ0n) is 10.7. The molecule has 1 saturated carbocycles. The van der Waals surface area contributed by atoms with Crippen LogP contribution in [-0.2, 0) is 0 Å². The van der Waals surface area contributed by atoms with Gasteiger partial charge in [-0.05, 0) is 43.0 Å². The Bertz CT molecular complexity index is 484. The van der Waals surface area contributed by atoms with Crippen LogP contribution < -0.4 is 10.1 Å². The molecule has 0 unspecified atom stereocenters. The summed E-state index contributed by atoms with van der Waals surface area (Å²) in [5, 5.41) is 12.2. The molecule has 0 aromatic heterocycles. The lowest BCUT2D eigenvalue weighted by atomic mass is 10.1. The summed E-state index contributed by atoms with van der Waals surface area (Å²) in [5.74, 6) is 0.765. The lowest BCUT2D eigenvalue weighted by Crippen LogP contribution is -2.21. The summed E-state index contributed by atoms with van der Waals surface area (Å²) in [6.07, 6.45) is 2.55. The topological polar surface area (TPSA) is 45.0 Å². The van der Waals surface area contributed by atoms with Crippen LogP contribution in [0.4, 0.5) is 0 Å². The van der Waals surface area contributed by atoms with Crippen molar-refractivity contribution in [1.82, 2.24) is 5.32 Å². The van der Waals surface area contributed by atoms with Gasteiger partial charge in [0.05, 0.1) is 11.6 Å². The van der Waals surface area contributed by atoms with Gasteiger partial charge in [0.15, 0.2) is 0 Å². The van der Waals surface area contributed by atoms with Crippen molar-refractivity contribution in [2.24, 2.45) is 0 Å². The van der Waals surface area contributed by atoms with E-state index in [1.165, 1.54) is 12.8 Å². The van der Waals surface area contributed by atoms with Crippen LogP contribution >= 0.6 is 0 Å². The van der Waals surface area contributed by atoms with Gasteiger partial charge in [0.25, 0.3) is 0 Å². The molecule has 1 aromatic rings. The third kappa shape index (κ3) is 3.61. The van der Waals surface area contributed by atoms with E-state index in [0.29, 0.717) is 18.2 Å². The third-order valence-corrected chi connectivity index (χ3v) is 2.97. The predicted octanol–water partition coefficient (Wildman–Crippen LogP) is 2.55. The van der Waals surface area contributed by atoms with E-state index < -0.39 is 0 Å². The van der Waals surface area contributed by atoms with E-state index in [4.69, 9.17) is 10.00 Å². The number of hydrogen-bond donors (Lipinski definition) is 1. The maximum atomic E-state index is 8.85. The molecule has 0 bridgehead atoms. The molecule has 1 aromatic carbocycles. The molecule has 3 nitrogen and oxygen atoms in total. The van der Waals surface area contributed by atoms with Crippen molar-refractivity contribution in [3.63, 3.8) is 0 Å². The summed E-state index contributed by atoms with van der Waals surface area (Å²) in [5.41, 5.74) is 2.69. The number of rotatable bonds is 6. The van der Waals surface area contributed by atoms with E-state index in [1.54, 1.807) is 12.1 Å². The second kappa shape index (κ2) is 5.70. The van der Waals surface area contributed by atoms with Crippen molar-refractivity contribution in [3.8, 4) is 11.8 Å². The first kappa shape index (κ1) is 12.7. The molecule has 0 spiro atoms. The lowest BCUT2D eigenvalue weighted by Gasteiger charge is -2.11. The van der Waals surface area contributed by atoms with Crippen LogP contribution in [0.2, 0.25) is 0 Å². The summed E-state index contributed by atoms with van der Waals surface area (Å²) in [4.78, 5) is 0. The molecule has 0 saturated heterocycles.